The molecule has 94 valence electrons. The molecule has 0 saturated heterocycles. The number of methoxy groups -OCH3 is 2. The highest BCUT2D eigenvalue weighted by Crippen LogP contribution is 2.18. The Hall–Kier alpha value is -1.92. The molecule has 0 N–H and O–H groups in total. The number of halogens is 1. The second kappa shape index (κ2) is 5.61. The summed E-state index contributed by atoms with van der Waals surface area (Å²) in [5.41, 5.74) is 1.07. The molecule has 0 unspecified atom stereocenters. The Bertz CT molecular complexity index is 515. The SMILES string of the molecule is COC(OC)c1ccnc(-c2ccc(F)cn2)n1. The highest BCUT2D eigenvalue weighted by atomic mass is 19.1. The number of aromatic nitrogens is 3. The minimum absolute atomic E-state index is 0.395. The molecule has 6 heteroatoms. The highest BCUT2D eigenvalue weighted by Gasteiger charge is 2.12. The van der Waals surface area contributed by atoms with E-state index in [9.17, 15) is 4.39 Å². The van der Waals surface area contributed by atoms with Crippen molar-refractivity contribution in [1.82, 2.24) is 15.0 Å². The van der Waals surface area contributed by atoms with Gasteiger partial charge in [-0.25, -0.2) is 19.3 Å². The van der Waals surface area contributed by atoms with Crippen LogP contribution in [0.15, 0.2) is 30.6 Å². The van der Waals surface area contributed by atoms with Crippen molar-refractivity contribution < 1.29 is 13.9 Å². The van der Waals surface area contributed by atoms with Gasteiger partial charge >= 0.3 is 0 Å². The standard InChI is InChI=1S/C12H12FN3O2/c1-17-12(18-2)10-5-6-14-11(16-10)9-4-3-8(13)7-15-9/h3-7,12H,1-2H3. The zero-order valence-corrected chi connectivity index (χ0v) is 10.0. The van der Waals surface area contributed by atoms with Gasteiger partial charge < -0.3 is 9.47 Å². The molecule has 2 rings (SSSR count). The first-order chi connectivity index (χ1) is 8.74. The van der Waals surface area contributed by atoms with Gasteiger partial charge in [-0.1, -0.05) is 0 Å². The van der Waals surface area contributed by atoms with Crippen LogP contribution < -0.4 is 0 Å². The van der Waals surface area contributed by atoms with Crippen molar-refractivity contribution in [2.45, 2.75) is 6.29 Å². The monoisotopic (exact) mass is 249 g/mol. The van der Waals surface area contributed by atoms with Gasteiger partial charge in [0.15, 0.2) is 5.82 Å². The van der Waals surface area contributed by atoms with Gasteiger partial charge in [0.05, 0.1) is 6.20 Å². The molecule has 0 amide bonds. The predicted octanol–water partition coefficient (Wildman–Crippen LogP) is 1.97. The van der Waals surface area contributed by atoms with Gasteiger partial charge in [0.25, 0.3) is 0 Å². The van der Waals surface area contributed by atoms with Crippen LogP contribution in [0.2, 0.25) is 0 Å². The molecule has 0 atom stereocenters. The first kappa shape index (κ1) is 12.5. The van der Waals surface area contributed by atoms with Crippen LogP contribution >= 0.6 is 0 Å². The minimum Gasteiger partial charge on any atom is -0.350 e. The molecular formula is C12H12FN3O2. The summed E-state index contributed by atoms with van der Waals surface area (Å²) in [6, 6.07) is 4.51. The third kappa shape index (κ3) is 2.66. The van der Waals surface area contributed by atoms with E-state index in [1.165, 1.54) is 26.4 Å². The second-order valence-electron chi connectivity index (χ2n) is 3.47. The molecule has 0 aliphatic heterocycles. The van der Waals surface area contributed by atoms with Gasteiger partial charge in [0.1, 0.15) is 17.2 Å². The summed E-state index contributed by atoms with van der Waals surface area (Å²) in [4.78, 5) is 12.3. The molecule has 2 aromatic rings. The van der Waals surface area contributed by atoms with Crippen molar-refractivity contribution in [3.05, 3.63) is 42.1 Å². The van der Waals surface area contributed by atoms with Crippen LogP contribution in [0.3, 0.4) is 0 Å². The van der Waals surface area contributed by atoms with Crippen LogP contribution in [0.4, 0.5) is 4.39 Å². The summed E-state index contributed by atoms with van der Waals surface area (Å²) in [5.74, 6) is -0.00633. The van der Waals surface area contributed by atoms with Crippen molar-refractivity contribution in [2.24, 2.45) is 0 Å². The van der Waals surface area contributed by atoms with Crippen molar-refractivity contribution in [3.8, 4) is 11.5 Å². The fourth-order valence-corrected chi connectivity index (χ4v) is 1.47. The van der Waals surface area contributed by atoms with E-state index < -0.39 is 12.1 Å². The number of nitrogens with zero attached hydrogens (tertiary/aromatic N) is 3. The van der Waals surface area contributed by atoms with E-state index in [-0.39, 0.29) is 0 Å². The molecule has 0 fully saturated rings. The molecule has 0 aliphatic carbocycles. The Balaban J connectivity index is 2.34. The summed E-state index contributed by atoms with van der Waals surface area (Å²) in [7, 11) is 3.04. The van der Waals surface area contributed by atoms with Crippen molar-refractivity contribution in [3.63, 3.8) is 0 Å². The fourth-order valence-electron chi connectivity index (χ4n) is 1.47. The first-order valence-electron chi connectivity index (χ1n) is 5.25. The van der Waals surface area contributed by atoms with Gasteiger partial charge in [-0.15, -0.1) is 0 Å². The molecule has 2 heterocycles. The van der Waals surface area contributed by atoms with E-state index in [0.717, 1.165) is 6.20 Å². The van der Waals surface area contributed by atoms with E-state index in [1.54, 1.807) is 12.3 Å². The largest absolute Gasteiger partial charge is 0.350 e. The van der Waals surface area contributed by atoms with E-state index in [0.29, 0.717) is 17.2 Å². The third-order valence-electron chi connectivity index (χ3n) is 2.30. The summed E-state index contributed by atoms with van der Waals surface area (Å²) in [6.45, 7) is 0. The van der Waals surface area contributed by atoms with E-state index in [4.69, 9.17) is 9.47 Å². The third-order valence-corrected chi connectivity index (χ3v) is 2.30. The quantitative estimate of drug-likeness (QED) is 0.775. The summed E-state index contributed by atoms with van der Waals surface area (Å²) in [6.07, 6.45) is 2.13. The van der Waals surface area contributed by atoms with E-state index in [2.05, 4.69) is 15.0 Å². The average Bonchev–Trinajstić information content (AvgIpc) is 2.41. The van der Waals surface area contributed by atoms with Gasteiger partial charge in [-0.2, -0.15) is 0 Å². The lowest BCUT2D eigenvalue weighted by Gasteiger charge is -2.12. The van der Waals surface area contributed by atoms with Crippen LogP contribution in [-0.2, 0) is 9.47 Å². The summed E-state index contributed by atoms with van der Waals surface area (Å²) < 4.78 is 23.0. The number of hydrogen-bond donors (Lipinski definition) is 0. The molecule has 18 heavy (non-hydrogen) atoms. The minimum atomic E-state index is -0.563. The van der Waals surface area contributed by atoms with Crippen molar-refractivity contribution in [2.75, 3.05) is 14.2 Å². The molecule has 0 radical (unpaired) electrons. The Morgan fingerprint density at radius 3 is 2.50 bits per heavy atom. The van der Waals surface area contributed by atoms with Gasteiger partial charge in [0.2, 0.25) is 6.29 Å². The number of pyridine rings is 1. The average molecular weight is 249 g/mol. The smallest absolute Gasteiger partial charge is 0.200 e. The van der Waals surface area contributed by atoms with Gasteiger partial charge in [-0.3, -0.25) is 0 Å². The number of ether oxygens (including phenoxy) is 2. The topological polar surface area (TPSA) is 57.1 Å². The zero-order chi connectivity index (χ0) is 13.0. The van der Waals surface area contributed by atoms with Crippen LogP contribution in [0.5, 0.6) is 0 Å². The molecule has 0 aromatic carbocycles. The summed E-state index contributed by atoms with van der Waals surface area (Å²) in [5, 5.41) is 0. The number of rotatable bonds is 4. The molecular weight excluding hydrogens is 237 g/mol. The Kier molecular flexibility index (Phi) is 3.91. The van der Waals surface area contributed by atoms with Crippen molar-refractivity contribution in [1.29, 1.82) is 0 Å². The van der Waals surface area contributed by atoms with Crippen LogP contribution in [0.25, 0.3) is 11.5 Å². The lowest BCUT2D eigenvalue weighted by Crippen LogP contribution is -2.07. The number of hydrogen-bond acceptors (Lipinski definition) is 5. The molecule has 0 bridgehead atoms. The first-order valence-corrected chi connectivity index (χ1v) is 5.25. The van der Waals surface area contributed by atoms with E-state index >= 15 is 0 Å². The molecule has 0 aliphatic rings. The maximum absolute atomic E-state index is 12.8. The Morgan fingerprint density at radius 2 is 1.89 bits per heavy atom. The predicted molar refractivity (Wildman–Crippen MR) is 62.0 cm³/mol. The lowest BCUT2D eigenvalue weighted by atomic mass is 10.3. The normalized spacial score (nSPS) is 10.9. The Morgan fingerprint density at radius 1 is 1.11 bits per heavy atom. The molecule has 0 saturated carbocycles. The fraction of sp³-hybridized carbons (Fsp3) is 0.250. The molecule has 5 nitrogen and oxygen atoms in total. The van der Waals surface area contributed by atoms with E-state index in [1.807, 2.05) is 0 Å². The zero-order valence-electron chi connectivity index (χ0n) is 10.0. The van der Waals surface area contributed by atoms with Gasteiger partial charge in [0, 0.05) is 20.4 Å². The van der Waals surface area contributed by atoms with Crippen molar-refractivity contribution >= 4 is 0 Å². The maximum Gasteiger partial charge on any atom is 0.200 e. The highest BCUT2D eigenvalue weighted by molar-refractivity contribution is 5.48. The Labute approximate surface area is 104 Å². The molecule has 2 aromatic heterocycles. The van der Waals surface area contributed by atoms with Gasteiger partial charge in [-0.05, 0) is 18.2 Å². The summed E-state index contributed by atoms with van der Waals surface area (Å²) >= 11 is 0. The van der Waals surface area contributed by atoms with Crippen LogP contribution in [0, 0.1) is 5.82 Å². The van der Waals surface area contributed by atoms with Crippen LogP contribution in [-0.4, -0.2) is 29.2 Å². The maximum atomic E-state index is 12.8. The lowest BCUT2D eigenvalue weighted by molar-refractivity contribution is -0.108. The second-order valence-corrected chi connectivity index (χ2v) is 3.47. The van der Waals surface area contributed by atoms with Crippen LogP contribution in [0.1, 0.15) is 12.0 Å². The molecule has 0 spiro atoms.